The Morgan fingerprint density at radius 1 is 1.35 bits per heavy atom. The minimum absolute atomic E-state index is 0.0291. The highest BCUT2D eigenvalue weighted by Gasteiger charge is 2.16. The summed E-state index contributed by atoms with van der Waals surface area (Å²) in [6.07, 6.45) is 0. The molecule has 20 heavy (non-hydrogen) atoms. The molecule has 7 heteroatoms. The predicted molar refractivity (Wildman–Crippen MR) is 81.5 cm³/mol. The SMILES string of the molecule is CC(C)CN(CCN(C)C)c1cc([N+](=O)[O-])cc(Cl)n1. The van der Waals surface area contributed by atoms with E-state index in [0.29, 0.717) is 11.7 Å². The van der Waals surface area contributed by atoms with Crippen molar-refractivity contribution in [1.29, 1.82) is 0 Å². The van der Waals surface area contributed by atoms with E-state index in [4.69, 9.17) is 11.6 Å². The van der Waals surface area contributed by atoms with Gasteiger partial charge in [0.15, 0.2) is 0 Å². The van der Waals surface area contributed by atoms with Gasteiger partial charge in [-0.2, -0.15) is 0 Å². The summed E-state index contributed by atoms with van der Waals surface area (Å²) in [5.74, 6) is 0.983. The molecule has 0 spiro atoms. The number of pyridine rings is 1. The van der Waals surface area contributed by atoms with Crippen LogP contribution in [0.3, 0.4) is 0 Å². The number of nitrogens with zero attached hydrogens (tertiary/aromatic N) is 4. The number of aromatic nitrogens is 1. The molecule has 0 aliphatic carbocycles. The number of hydrogen-bond acceptors (Lipinski definition) is 5. The smallest absolute Gasteiger partial charge is 0.276 e. The molecule has 0 aromatic carbocycles. The molecule has 0 N–H and O–H groups in total. The Balaban J connectivity index is 3.02. The van der Waals surface area contributed by atoms with Crippen molar-refractivity contribution in [2.24, 2.45) is 5.92 Å². The topological polar surface area (TPSA) is 62.5 Å². The Morgan fingerprint density at radius 3 is 2.50 bits per heavy atom. The molecule has 112 valence electrons. The summed E-state index contributed by atoms with van der Waals surface area (Å²) in [6.45, 7) is 6.56. The highest BCUT2D eigenvalue weighted by atomic mass is 35.5. The highest BCUT2D eigenvalue weighted by molar-refractivity contribution is 6.29. The van der Waals surface area contributed by atoms with Gasteiger partial charge in [-0.25, -0.2) is 4.98 Å². The maximum Gasteiger partial charge on any atom is 0.276 e. The van der Waals surface area contributed by atoms with Gasteiger partial charge in [0, 0.05) is 19.6 Å². The average Bonchev–Trinajstić information content (AvgIpc) is 2.32. The Hall–Kier alpha value is -1.40. The third kappa shape index (κ3) is 5.30. The first-order chi connectivity index (χ1) is 9.29. The van der Waals surface area contributed by atoms with Crippen LogP contribution >= 0.6 is 11.6 Å². The van der Waals surface area contributed by atoms with Crippen LogP contribution in [0, 0.1) is 16.0 Å². The molecule has 0 saturated carbocycles. The lowest BCUT2D eigenvalue weighted by Crippen LogP contribution is -2.35. The van der Waals surface area contributed by atoms with Gasteiger partial charge < -0.3 is 9.80 Å². The molecule has 0 amide bonds. The summed E-state index contributed by atoms with van der Waals surface area (Å²) >= 11 is 5.88. The van der Waals surface area contributed by atoms with Crippen molar-refractivity contribution in [3.8, 4) is 0 Å². The number of anilines is 1. The van der Waals surface area contributed by atoms with Gasteiger partial charge >= 0.3 is 0 Å². The number of rotatable bonds is 7. The summed E-state index contributed by atoms with van der Waals surface area (Å²) in [7, 11) is 3.98. The van der Waals surface area contributed by atoms with Crippen molar-refractivity contribution in [3.05, 3.63) is 27.4 Å². The monoisotopic (exact) mass is 300 g/mol. The molecule has 0 aliphatic rings. The molecule has 0 aliphatic heterocycles. The first kappa shape index (κ1) is 16.7. The molecular weight excluding hydrogens is 280 g/mol. The lowest BCUT2D eigenvalue weighted by atomic mass is 10.2. The van der Waals surface area contributed by atoms with E-state index in [2.05, 4.69) is 23.7 Å². The van der Waals surface area contributed by atoms with Crippen LogP contribution in [0.25, 0.3) is 0 Å². The third-order valence-corrected chi connectivity index (χ3v) is 2.90. The van der Waals surface area contributed by atoms with Gasteiger partial charge in [0.05, 0.1) is 17.1 Å². The lowest BCUT2D eigenvalue weighted by Gasteiger charge is -2.27. The second-order valence-corrected chi connectivity index (χ2v) is 5.79. The van der Waals surface area contributed by atoms with Gasteiger partial charge in [-0.15, -0.1) is 0 Å². The van der Waals surface area contributed by atoms with Crippen LogP contribution in [-0.2, 0) is 0 Å². The molecule has 1 heterocycles. The van der Waals surface area contributed by atoms with Crippen molar-refractivity contribution >= 4 is 23.1 Å². The molecule has 0 unspecified atom stereocenters. The third-order valence-electron chi connectivity index (χ3n) is 2.70. The van der Waals surface area contributed by atoms with Crippen molar-refractivity contribution in [3.63, 3.8) is 0 Å². The van der Waals surface area contributed by atoms with Gasteiger partial charge in [-0.1, -0.05) is 25.4 Å². The lowest BCUT2D eigenvalue weighted by molar-refractivity contribution is -0.384. The maximum atomic E-state index is 10.9. The molecular formula is C13H21ClN4O2. The second kappa shape index (κ2) is 7.40. The zero-order valence-corrected chi connectivity index (χ0v) is 13.1. The molecule has 1 aromatic rings. The van der Waals surface area contributed by atoms with E-state index < -0.39 is 4.92 Å². The largest absolute Gasteiger partial charge is 0.355 e. The van der Waals surface area contributed by atoms with Crippen LogP contribution in [-0.4, -0.2) is 48.5 Å². The molecule has 0 fully saturated rings. The Bertz CT molecular complexity index is 466. The van der Waals surface area contributed by atoms with Crippen LogP contribution < -0.4 is 4.90 Å². The Morgan fingerprint density at radius 2 is 2.00 bits per heavy atom. The van der Waals surface area contributed by atoms with Gasteiger partial charge in [0.1, 0.15) is 11.0 Å². The fourth-order valence-corrected chi connectivity index (χ4v) is 2.00. The summed E-state index contributed by atoms with van der Waals surface area (Å²) < 4.78 is 0. The highest BCUT2D eigenvalue weighted by Crippen LogP contribution is 2.23. The number of halogens is 1. The zero-order chi connectivity index (χ0) is 15.3. The first-order valence-corrected chi connectivity index (χ1v) is 6.89. The van der Waals surface area contributed by atoms with Crippen LogP contribution in [0.4, 0.5) is 11.5 Å². The van der Waals surface area contributed by atoms with E-state index in [9.17, 15) is 10.1 Å². The Labute approximate surface area is 124 Å². The first-order valence-electron chi connectivity index (χ1n) is 6.51. The minimum Gasteiger partial charge on any atom is -0.355 e. The van der Waals surface area contributed by atoms with Crippen molar-refractivity contribution in [1.82, 2.24) is 9.88 Å². The van der Waals surface area contributed by atoms with Crippen LogP contribution in [0.1, 0.15) is 13.8 Å². The van der Waals surface area contributed by atoms with E-state index in [1.807, 2.05) is 19.0 Å². The second-order valence-electron chi connectivity index (χ2n) is 5.41. The van der Waals surface area contributed by atoms with Gasteiger partial charge in [-0.05, 0) is 20.0 Å². The van der Waals surface area contributed by atoms with E-state index in [-0.39, 0.29) is 10.8 Å². The molecule has 0 saturated heterocycles. The molecule has 0 atom stereocenters. The summed E-state index contributed by atoms with van der Waals surface area (Å²) in [4.78, 5) is 18.8. The van der Waals surface area contributed by atoms with Crippen molar-refractivity contribution in [2.75, 3.05) is 38.6 Å². The number of hydrogen-bond donors (Lipinski definition) is 0. The van der Waals surface area contributed by atoms with Crippen molar-refractivity contribution in [2.45, 2.75) is 13.8 Å². The van der Waals surface area contributed by atoms with Crippen LogP contribution in [0.2, 0.25) is 5.15 Å². The predicted octanol–water partition coefficient (Wildman–Crippen LogP) is 2.67. The van der Waals surface area contributed by atoms with Gasteiger partial charge in [0.25, 0.3) is 5.69 Å². The van der Waals surface area contributed by atoms with E-state index in [1.165, 1.54) is 12.1 Å². The summed E-state index contributed by atoms with van der Waals surface area (Å²) in [6, 6.07) is 2.74. The quantitative estimate of drug-likeness (QED) is 0.440. The van der Waals surface area contributed by atoms with E-state index in [0.717, 1.165) is 19.6 Å². The van der Waals surface area contributed by atoms with E-state index in [1.54, 1.807) is 0 Å². The van der Waals surface area contributed by atoms with Gasteiger partial charge in [-0.3, -0.25) is 10.1 Å². The van der Waals surface area contributed by atoms with Crippen LogP contribution in [0.15, 0.2) is 12.1 Å². The summed E-state index contributed by atoms with van der Waals surface area (Å²) in [5, 5.41) is 11.1. The van der Waals surface area contributed by atoms with Crippen molar-refractivity contribution < 1.29 is 4.92 Å². The zero-order valence-electron chi connectivity index (χ0n) is 12.3. The number of nitro groups is 1. The molecule has 0 radical (unpaired) electrons. The van der Waals surface area contributed by atoms with Gasteiger partial charge in [0.2, 0.25) is 0 Å². The molecule has 1 rings (SSSR count). The Kier molecular flexibility index (Phi) is 6.16. The number of likely N-dealkylation sites (N-methyl/N-ethyl adjacent to an activating group) is 1. The summed E-state index contributed by atoms with van der Waals surface area (Å²) in [5.41, 5.74) is -0.0291. The maximum absolute atomic E-state index is 10.9. The average molecular weight is 301 g/mol. The van der Waals surface area contributed by atoms with Crippen LogP contribution in [0.5, 0.6) is 0 Å². The normalized spacial score (nSPS) is 11.2. The minimum atomic E-state index is -0.448. The molecule has 0 bridgehead atoms. The van der Waals surface area contributed by atoms with E-state index >= 15 is 0 Å². The fourth-order valence-electron chi connectivity index (χ4n) is 1.80. The standard InChI is InChI=1S/C13H21ClN4O2/c1-10(2)9-17(6-5-16(3)4)13-8-11(18(19)20)7-12(14)15-13/h7-8,10H,5-6,9H2,1-4H3. The molecule has 6 nitrogen and oxygen atoms in total. The molecule has 1 aromatic heterocycles. The fraction of sp³-hybridized carbons (Fsp3) is 0.615.